The number of hydrogen-bond donors (Lipinski definition) is 1. The van der Waals surface area contributed by atoms with Crippen molar-refractivity contribution in [3.8, 4) is 0 Å². The van der Waals surface area contributed by atoms with Gasteiger partial charge in [-0.3, -0.25) is 4.79 Å². The highest BCUT2D eigenvalue weighted by atomic mass is 35.5. The van der Waals surface area contributed by atoms with Crippen LogP contribution in [0.2, 0.25) is 5.02 Å². The van der Waals surface area contributed by atoms with Gasteiger partial charge >= 0.3 is 0 Å². The summed E-state index contributed by atoms with van der Waals surface area (Å²) in [5.41, 5.74) is 0.403. The molecule has 0 atom stereocenters. The van der Waals surface area contributed by atoms with Crippen molar-refractivity contribution in [2.75, 3.05) is 23.9 Å². The van der Waals surface area contributed by atoms with Gasteiger partial charge < -0.3 is 5.32 Å². The second-order valence-corrected chi connectivity index (χ2v) is 6.32. The molecule has 1 aliphatic carbocycles. The van der Waals surface area contributed by atoms with Crippen molar-refractivity contribution in [3.63, 3.8) is 0 Å². The summed E-state index contributed by atoms with van der Waals surface area (Å²) < 4.78 is 1.55. The number of rotatable bonds is 7. The van der Waals surface area contributed by atoms with Crippen LogP contribution in [0, 0.1) is 5.92 Å². The summed E-state index contributed by atoms with van der Waals surface area (Å²) in [4.78, 5) is 12.3. The summed E-state index contributed by atoms with van der Waals surface area (Å²) in [7, 11) is 0. The molecule has 0 aliphatic heterocycles. The second-order valence-electron chi connectivity index (χ2n) is 4.92. The molecule has 0 unspecified atom stereocenters. The fourth-order valence-corrected chi connectivity index (χ4v) is 2.73. The van der Waals surface area contributed by atoms with Gasteiger partial charge in [0, 0.05) is 13.1 Å². The van der Waals surface area contributed by atoms with E-state index in [2.05, 4.69) is 16.7 Å². The number of nitrogens with one attached hydrogen (secondary N) is 1. The number of anilines is 1. The van der Waals surface area contributed by atoms with Crippen molar-refractivity contribution in [3.05, 3.63) is 21.6 Å². The third-order valence-electron chi connectivity index (χ3n) is 3.48. The lowest BCUT2D eigenvalue weighted by atomic mass is 9.85. The van der Waals surface area contributed by atoms with Gasteiger partial charge in [0.1, 0.15) is 5.69 Å². The average molecular weight is 302 g/mol. The zero-order valence-corrected chi connectivity index (χ0v) is 12.8. The first-order chi connectivity index (χ1) is 9.22. The summed E-state index contributed by atoms with van der Waals surface area (Å²) in [5.74, 6) is 1.68. The van der Waals surface area contributed by atoms with Crippen molar-refractivity contribution >= 4 is 29.1 Å². The minimum absolute atomic E-state index is 0.0939. The normalized spacial score (nSPS) is 15.3. The highest BCUT2D eigenvalue weighted by Gasteiger charge is 2.20. The second kappa shape index (κ2) is 7.20. The Morgan fingerprint density at radius 1 is 1.58 bits per heavy atom. The predicted octanol–water partition coefficient (Wildman–Crippen LogP) is 2.86. The Kier molecular flexibility index (Phi) is 5.58. The summed E-state index contributed by atoms with van der Waals surface area (Å²) in [6.45, 7) is 1.48. The highest BCUT2D eigenvalue weighted by Crippen LogP contribution is 2.27. The topological polar surface area (TPSA) is 46.9 Å². The maximum atomic E-state index is 12.3. The number of halogens is 1. The van der Waals surface area contributed by atoms with E-state index in [0.29, 0.717) is 16.6 Å². The van der Waals surface area contributed by atoms with E-state index in [9.17, 15) is 4.79 Å². The molecule has 0 radical (unpaired) electrons. The van der Waals surface area contributed by atoms with Crippen molar-refractivity contribution in [1.29, 1.82) is 0 Å². The fraction of sp³-hybridized carbons (Fsp3) is 0.692. The Bertz CT molecular complexity index is 473. The van der Waals surface area contributed by atoms with Crippen molar-refractivity contribution in [2.24, 2.45) is 5.92 Å². The minimum atomic E-state index is -0.0939. The first-order valence-electron chi connectivity index (χ1n) is 6.71. The first kappa shape index (κ1) is 14.7. The predicted molar refractivity (Wildman–Crippen MR) is 82.3 cm³/mol. The summed E-state index contributed by atoms with van der Waals surface area (Å²) >= 11 is 7.85. The van der Waals surface area contributed by atoms with Gasteiger partial charge in [-0.15, -0.1) is 0 Å². The van der Waals surface area contributed by atoms with Crippen LogP contribution in [0.25, 0.3) is 0 Å². The van der Waals surface area contributed by atoms with Crippen molar-refractivity contribution in [2.45, 2.75) is 32.2 Å². The molecule has 1 aromatic rings. The van der Waals surface area contributed by atoms with Gasteiger partial charge in [-0.1, -0.05) is 18.0 Å². The van der Waals surface area contributed by atoms with Gasteiger partial charge in [0.2, 0.25) is 0 Å². The SMILES string of the molecule is CSCCCNc1c(Cl)cnn(CC2CCC2)c1=O. The largest absolute Gasteiger partial charge is 0.379 e. The Morgan fingerprint density at radius 3 is 3.00 bits per heavy atom. The number of thioether (sulfide) groups is 1. The molecular formula is C13H20ClN3OS. The zero-order valence-electron chi connectivity index (χ0n) is 11.2. The van der Waals surface area contributed by atoms with Crippen LogP contribution in [0.15, 0.2) is 11.0 Å². The van der Waals surface area contributed by atoms with Crippen molar-refractivity contribution in [1.82, 2.24) is 9.78 Å². The molecule has 1 aromatic heterocycles. The minimum Gasteiger partial charge on any atom is -0.379 e. The highest BCUT2D eigenvalue weighted by molar-refractivity contribution is 7.98. The molecule has 19 heavy (non-hydrogen) atoms. The summed E-state index contributed by atoms with van der Waals surface area (Å²) in [5, 5.41) is 7.70. The molecule has 1 aliphatic rings. The van der Waals surface area contributed by atoms with E-state index in [-0.39, 0.29) is 5.56 Å². The van der Waals surface area contributed by atoms with E-state index in [1.807, 2.05) is 0 Å². The molecule has 2 rings (SSSR count). The molecule has 0 spiro atoms. The monoisotopic (exact) mass is 301 g/mol. The van der Waals surface area contributed by atoms with Crippen LogP contribution >= 0.6 is 23.4 Å². The molecule has 106 valence electrons. The Hall–Kier alpha value is -0.680. The van der Waals surface area contributed by atoms with E-state index in [1.165, 1.54) is 19.3 Å². The molecule has 0 bridgehead atoms. The van der Waals surface area contributed by atoms with Crippen LogP contribution in [-0.2, 0) is 6.54 Å². The van der Waals surface area contributed by atoms with E-state index in [1.54, 1.807) is 22.6 Å². The molecule has 1 fully saturated rings. The molecule has 4 nitrogen and oxygen atoms in total. The van der Waals surface area contributed by atoms with Gasteiger partial charge in [0.15, 0.2) is 0 Å². The zero-order chi connectivity index (χ0) is 13.7. The Labute approximate surface area is 122 Å². The van der Waals surface area contributed by atoms with Gasteiger partial charge in [0.05, 0.1) is 11.2 Å². The van der Waals surface area contributed by atoms with E-state index >= 15 is 0 Å². The number of aromatic nitrogens is 2. The van der Waals surface area contributed by atoms with E-state index in [0.717, 1.165) is 25.3 Å². The number of nitrogens with zero attached hydrogens (tertiary/aromatic N) is 2. The molecule has 0 amide bonds. The van der Waals surface area contributed by atoms with Gasteiger partial charge in [-0.25, -0.2) is 4.68 Å². The standard InChI is InChI=1S/C13H20ClN3OS/c1-19-7-3-6-15-12-11(14)8-16-17(13(12)18)9-10-4-2-5-10/h8,10,15H,2-7,9H2,1H3. The van der Waals surface area contributed by atoms with Crippen LogP contribution < -0.4 is 10.9 Å². The van der Waals surface area contributed by atoms with Crippen LogP contribution in [0.3, 0.4) is 0 Å². The van der Waals surface area contributed by atoms with Gasteiger partial charge in [0.25, 0.3) is 5.56 Å². The maximum Gasteiger partial charge on any atom is 0.291 e. The Balaban J connectivity index is 2.03. The third kappa shape index (κ3) is 3.89. The molecular weight excluding hydrogens is 282 g/mol. The van der Waals surface area contributed by atoms with Crippen LogP contribution in [0.5, 0.6) is 0 Å². The van der Waals surface area contributed by atoms with E-state index < -0.39 is 0 Å². The quantitative estimate of drug-likeness (QED) is 0.787. The van der Waals surface area contributed by atoms with Crippen molar-refractivity contribution < 1.29 is 0 Å². The van der Waals surface area contributed by atoms with Crippen LogP contribution in [0.4, 0.5) is 5.69 Å². The van der Waals surface area contributed by atoms with E-state index in [4.69, 9.17) is 11.6 Å². The molecule has 1 heterocycles. The lowest BCUT2D eigenvalue weighted by molar-refractivity contribution is 0.262. The fourth-order valence-electron chi connectivity index (χ4n) is 2.11. The maximum absolute atomic E-state index is 12.3. The molecule has 0 saturated heterocycles. The lowest BCUT2D eigenvalue weighted by Gasteiger charge is -2.25. The summed E-state index contributed by atoms with van der Waals surface area (Å²) in [6.07, 6.45) is 8.33. The van der Waals surface area contributed by atoms with Gasteiger partial charge in [-0.05, 0) is 37.2 Å². The number of hydrogen-bond acceptors (Lipinski definition) is 4. The Morgan fingerprint density at radius 2 is 2.37 bits per heavy atom. The molecule has 6 heteroatoms. The molecule has 1 saturated carbocycles. The first-order valence-corrected chi connectivity index (χ1v) is 8.48. The van der Waals surface area contributed by atoms with Crippen LogP contribution in [0.1, 0.15) is 25.7 Å². The average Bonchev–Trinajstić information content (AvgIpc) is 2.35. The molecule has 1 N–H and O–H groups in total. The smallest absolute Gasteiger partial charge is 0.291 e. The lowest BCUT2D eigenvalue weighted by Crippen LogP contribution is -2.31. The third-order valence-corrected chi connectivity index (χ3v) is 4.46. The van der Waals surface area contributed by atoms with Gasteiger partial charge in [-0.2, -0.15) is 16.9 Å². The molecule has 0 aromatic carbocycles. The summed E-state index contributed by atoms with van der Waals surface area (Å²) in [6, 6.07) is 0. The van der Waals surface area contributed by atoms with Crippen LogP contribution in [-0.4, -0.2) is 28.3 Å².